The fraction of sp³-hybridized carbons (Fsp3) is 0.238. The number of benzene rings is 2. The Morgan fingerprint density at radius 2 is 1.89 bits per heavy atom. The Labute approximate surface area is 166 Å². The van der Waals surface area contributed by atoms with Crippen LogP contribution in [0.5, 0.6) is 17.2 Å². The monoisotopic (exact) mass is 395 g/mol. The van der Waals surface area contributed by atoms with Gasteiger partial charge in [-0.25, -0.2) is 9.67 Å². The van der Waals surface area contributed by atoms with Gasteiger partial charge in [-0.05, 0) is 43.4 Å². The van der Waals surface area contributed by atoms with Crippen molar-refractivity contribution in [3.05, 3.63) is 69.0 Å². The summed E-state index contributed by atoms with van der Waals surface area (Å²) in [4.78, 5) is 5.74. The molecular weight excluding hydrogens is 374 g/mol. The molecule has 0 aliphatic heterocycles. The summed E-state index contributed by atoms with van der Waals surface area (Å²) in [5, 5.41) is 35.5. The maximum absolute atomic E-state index is 9.96. The molecule has 1 aliphatic carbocycles. The van der Waals surface area contributed by atoms with Crippen LogP contribution >= 0.6 is 11.3 Å². The molecule has 3 aromatic rings. The molecule has 0 amide bonds. The molecule has 4 rings (SSSR count). The lowest BCUT2D eigenvalue weighted by Crippen LogP contribution is -2.16. The van der Waals surface area contributed by atoms with Crippen molar-refractivity contribution in [2.75, 3.05) is 0 Å². The smallest absolute Gasteiger partial charge is 0.206 e. The van der Waals surface area contributed by atoms with E-state index < -0.39 is 0 Å². The van der Waals surface area contributed by atoms with Crippen molar-refractivity contribution in [3.8, 4) is 17.2 Å². The van der Waals surface area contributed by atoms with Crippen LogP contribution < -0.4 is 4.80 Å². The number of aryl methyl sites for hydroxylation is 2. The number of phenolic OH excluding ortho intramolecular Hbond substituents is 3. The summed E-state index contributed by atoms with van der Waals surface area (Å²) >= 11 is 1.52. The Morgan fingerprint density at radius 3 is 2.75 bits per heavy atom. The normalized spacial score (nSPS) is 17.2. The van der Waals surface area contributed by atoms with E-state index in [1.807, 2.05) is 12.3 Å². The largest absolute Gasteiger partial charge is 0.507 e. The Morgan fingerprint density at radius 1 is 1.11 bits per heavy atom. The van der Waals surface area contributed by atoms with Gasteiger partial charge in [-0.1, -0.05) is 24.3 Å². The number of hydrogen-bond acceptors (Lipinski definition) is 6. The number of rotatable bonds is 3. The van der Waals surface area contributed by atoms with E-state index in [2.05, 4.69) is 29.4 Å². The van der Waals surface area contributed by atoms with E-state index in [1.165, 1.54) is 34.7 Å². The third-order valence-electron chi connectivity index (χ3n) is 4.89. The third-order valence-corrected chi connectivity index (χ3v) is 5.84. The van der Waals surface area contributed by atoms with E-state index in [1.54, 1.807) is 4.68 Å². The van der Waals surface area contributed by atoms with Gasteiger partial charge < -0.3 is 15.3 Å². The Kier molecular flexibility index (Phi) is 4.92. The van der Waals surface area contributed by atoms with E-state index in [0.29, 0.717) is 5.56 Å². The molecule has 1 unspecified atom stereocenters. The quantitative estimate of drug-likeness (QED) is 0.358. The van der Waals surface area contributed by atoms with Gasteiger partial charge >= 0.3 is 0 Å². The van der Waals surface area contributed by atoms with Gasteiger partial charge in [0.25, 0.3) is 0 Å². The first-order valence-electron chi connectivity index (χ1n) is 9.11. The second-order valence-corrected chi connectivity index (χ2v) is 7.69. The molecule has 2 aromatic carbocycles. The fourth-order valence-corrected chi connectivity index (χ4v) is 4.27. The topological polar surface area (TPSA) is 90.3 Å². The molecule has 28 heavy (non-hydrogen) atoms. The predicted octanol–water partition coefficient (Wildman–Crippen LogP) is 3.84. The average Bonchev–Trinajstić information content (AvgIpc) is 3.03. The molecule has 6 nitrogen and oxygen atoms in total. The van der Waals surface area contributed by atoms with Gasteiger partial charge in [-0.15, -0.1) is 11.3 Å². The minimum Gasteiger partial charge on any atom is -0.507 e. The van der Waals surface area contributed by atoms with Crippen LogP contribution in [0.1, 0.15) is 41.3 Å². The Balaban J connectivity index is 1.71. The highest BCUT2D eigenvalue weighted by Crippen LogP contribution is 2.32. The Hall–Kier alpha value is -3.06. The molecule has 0 saturated heterocycles. The first-order chi connectivity index (χ1) is 13.5. The highest BCUT2D eigenvalue weighted by Gasteiger charge is 2.19. The number of nitrogens with zero attached hydrogens (tertiary/aromatic N) is 3. The first-order valence-corrected chi connectivity index (χ1v) is 9.99. The van der Waals surface area contributed by atoms with Gasteiger partial charge in [0.2, 0.25) is 4.80 Å². The molecule has 0 spiro atoms. The predicted molar refractivity (Wildman–Crippen MR) is 109 cm³/mol. The molecule has 3 N–H and O–H groups in total. The fourth-order valence-electron chi connectivity index (χ4n) is 3.42. The van der Waals surface area contributed by atoms with E-state index in [9.17, 15) is 15.3 Å². The number of hydrogen-bond donors (Lipinski definition) is 3. The number of aromatic hydroxyl groups is 3. The van der Waals surface area contributed by atoms with Gasteiger partial charge in [0.05, 0.1) is 18.0 Å². The summed E-state index contributed by atoms with van der Waals surface area (Å²) in [5.74, 6) is -0.845. The lowest BCUT2D eigenvalue weighted by Gasteiger charge is -2.21. The van der Waals surface area contributed by atoms with Crippen LogP contribution in [0.4, 0.5) is 0 Å². The first kappa shape index (κ1) is 18.3. The maximum atomic E-state index is 9.96. The third kappa shape index (κ3) is 3.53. The molecule has 1 aromatic heterocycles. The van der Waals surface area contributed by atoms with Crippen LogP contribution in [0.25, 0.3) is 0 Å². The minimum atomic E-state index is -0.374. The van der Waals surface area contributed by atoms with Gasteiger partial charge in [0.1, 0.15) is 5.75 Å². The molecule has 144 valence electrons. The van der Waals surface area contributed by atoms with Gasteiger partial charge in [0.15, 0.2) is 11.5 Å². The minimum absolute atomic E-state index is 0.107. The number of thiazole rings is 1. The van der Waals surface area contributed by atoms with Crippen molar-refractivity contribution in [1.29, 1.82) is 0 Å². The van der Waals surface area contributed by atoms with Crippen LogP contribution in [0.3, 0.4) is 0 Å². The van der Waals surface area contributed by atoms with E-state index in [4.69, 9.17) is 4.99 Å². The zero-order chi connectivity index (χ0) is 19.7. The molecule has 0 bridgehead atoms. The molecule has 7 heteroatoms. The molecule has 0 saturated carbocycles. The molecule has 1 heterocycles. The lowest BCUT2D eigenvalue weighted by molar-refractivity contribution is 0.396. The average molecular weight is 395 g/mol. The van der Waals surface area contributed by atoms with Crippen molar-refractivity contribution in [2.24, 2.45) is 10.1 Å². The summed E-state index contributed by atoms with van der Waals surface area (Å²) in [6, 6.07) is 10.9. The maximum Gasteiger partial charge on any atom is 0.206 e. The highest BCUT2D eigenvalue weighted by molar-refractivity contribution is 7.07. The van der Waals surface area contributed by atoms with Crippen LogP contribution in [-0.4, -0.2) is 26.2 Å². The Bertz CT molecular complexity index is 1110. The van der Waals surface area contributed by atoms with Crippen molar-refractivity contribution in [1.82, 2.24) is 4.68 Å². The number of fused-ring (bicyclic) bond motifs is 1. The van der Waals surface area contributed by atoms with E-state index in [0.717, 1.165) is 35.8 Å². The van der Waals surface area contributed by atoms with Crippen LogP contribution in [-0.2, 0) is 6.42 Å². The summed E-state index contributed by atoms with van der Waals surface area (Å²) in [6.07, 6.45) is 4.65. The molecular formula is C21H21N3O3S. The molecule has 1 aliphatic rings. The summed E-state index contributed by atoms with van der Waals surface area (Å²) < 4.78 is 1.73. The standard InChI is InChI=1S/C21H21N3O3S/c1-13-12-28-21(23-17-8-4-6-14-5-2-3-7-16(14)17)24(13)22-11-15-9-19(26)20(27)10-18(15)25/h2-3,5,7,9-12,17,25-27H,4,6,8H2,1H3/b22-11+,23-21-. The molecule has 0 fully saturated rings. The van der Waals surface area contributed by atoms with Gasteiger partial charge in [-0.2, -0.15) is 5.10 Å². The summed E-state index contributed by atoms with van der Waals surface area (Å²) in [6.45, 7) is 1.94. The second kappa shape index (κ2) is 7.52. The zero-order valence-corrected chi connectivity index (χ0v) is 16.2. The zero-order valence-electron chi connectivity index (χ0n) is 15.4. The number of aromatic nitrogens is 1. The van der Waals surface area contributed by atoms with Crippen LogP contribution in [0, 0.1) is 6.92 Å². The van der Waals surface area contributed by atoms with Crippen molar-refractivity contribution >= 4 is 17.6 Å². The summed E-state index contributed by atoms with van der Waals surface area (Å²) in [5.41, 5.74) is 3.86. The lowest BCUT2D eigenvalue weighted by atomic mass is 9.88. The highest BCUT2D eigenvalue weighted by atomic mass is 32.1. The summed E-state index contributed by atoms with van der Waals surface area (Å²) in [7, 11) is 0. The SMILES string of the molecule is Cc1cs/c(=N\C2CCCc3ccccc32)n1/N=C/c1cc(O)c(O)cc1O. The van der Waals surface area contributed by atoms with E-state index in [-0.39, 0.29) is 23.3 Å². The molecule has 0 radical (unpaired) electrons. The van der Waals surface area contributed by atoms with Crippen LogP contribution in [0.2, 0.25) is 0 Å². The van der Waals surface area contributed by atoms with Crippen LogP contribution in [0.15, 0.2) is 51.9 Å². The van der Waals surface area contributed by atoms with Gasteiger partial charge in [0, 0.05) is 17.0 Å². The van der Waals surface area contributed by atoms with Crippen molar-refractivity contribution < 1.29 is 15.3 Å². The van der Waals surface area contributed by atoms with Crippen molar-refractivity contribution in [3.63, 3.8) is 0 Å². The molecule has 1 atom stereocenters. The van der Waals surface area contributed by atoms with E-state index >= 15 is 0 Å². The second-order valence-electron chi connectivity index (χ2n) is 6.85. The van der Waals surface area contributed by atoms with Gasteiger partial charge in [-0.3, -0.25) is 0 Å². The van der Waals surface area contributed by atoms with Crippen molar-refractivity contribution in [2.45, 2.75) is 32.2 Å². The number of phenols is 3.